The maximum absolute atomic E-state index is 13.7. The van der Waals surface area contributed by atoms with Crippen LogP contribution in [0.4, 0.5) is 17.6 Å². The Balaban J connectivity index is 2.45. The first-order valence-electron chi connectivity index (χ1n) is 6.09. The van der Waals surface area contributed by atoms with Crippen LogP contribution in [0, 0.1) is 12.7 Å². The molecule has 7 heteroatoms. The van der Waals surface area contributed by atoms with Crippen molar-refractivity contribution in [3.05, 3.63) is 64.7 Å². The summed E-state index contributed by atoms with van der Waals surface area (Å²) in [4.78, 5) is 4.14. The molecule has 0 aliphatic heterocycles. The first-order valence-corrected chi connectivity index (χ1v) is 6.09. The fourth-order valence-corrected chi connectivity index (χ4v) is 2.07. The Morgan fingerprint density at radius 3 is 2.48 bits per heavy atom. The van der Waals surface area contributed by atoms with Crippen molar-refractivity contribution in [2.75, 3.05) is 0 Å². The first-order chi connectivity index (χ1) is 9.84. The van der Waals surface area contributed by atoms with Crippen LogP contribution < -0.4 is 11.3 Å². The second-order valence-electron chi connectivity index (χ2n) is 4.54. The van der Waals surface area contributed by atoms with Gasteiger partial charge in [-0.2, -0.15) is 13.2 Å². The Morgan fingerprint density at radius 1 is 1.24 bits per heavy atom. The standard InChI is InChI=1S/C14H13F4N3/c1-8-3-2-6-20-12(8)13(21-19)9-4-5-10(11(15)7-9)14(16,17)18/h2-7,13,21H,19H2,1H3. The second-order valence-corrected chi connectivity index (χ2v) is 4.54. The van der Waals surface area contributed by atoms with E-state index in [1.54, 1.807) is 19.1 Å². The quantitative estimate of drug-likeness (QED) is 0.520. The van der Waals surface area contributed by atoms with E-state index in [1.807, 2.05) is 0 Å². The molecule has 3 N–H and O–H groups in total. The van der Waals surface area contributed by atoms with E-state index in [9.17, 15) is 17.6 Å². The Morgan fingerprint density at radius 2 is 1.95 bits per heavy atom. The average Bonchev–Trinajstić information content (AvgIpc) is 2.40. The van der Waals surface area contributed by atoms with Crippen molar-refractivity contribution in [1.29, 1.82) is 0 Å². The molecule has 21 heavy (non-hydrogen) atoms. The molecule has 3 nitrogen and oxygen atoms in total. The minimum atomic E-state index is -4.73. The Bertz CT molecular complexity index is 640. The van der Waals surface area contributed by atoms with Gasteiger partial charge in [-0.3, -0.25) is 10.8 Å². The van der Waals surface area contributed by atoms with Gasteiger partial charge < -0.3 is 0 Å². The molecule has 1 aromatic carbocycles. The highest BCUT2D eigenvalue weighted by atomic mass is 19.4. The molecule has 0 fully saturated rings. The number of benzene rings is 1. The molecule has 0 saturated heterocycles. The van der Waals surface area contributed by atoms with Crippen LogP contribution >= 0.6 is 0 Å². The van der Waals surface area contributed by atoms with Crippen molar-refractivity contribution < 1.29 is 17.6 Å². The zero-order chi connectivity index (χ0) is 15.6. The highest BCUT2D eigenvalue weighted by Crippen LogP contribution is 2.33. The predicted molar refractivity (Wildman–Crippen MR) is 69.5 cm³/mol. The third-order valence-corrected chi connectivity index (χ3v) is 3.12. The van der Waals surface area contributed by atoms with E-state index in [-0.39, 0.29) is 5.56 Å². The zero-order valence-corrected chi connectivity index (χ0v) is 11.1. The van der Waals surface area contributed by atoms with Crippen LogP contribution in [-0.2, 0) is 6.18 Å². The molecule has 0 aliphatic carbocycles. The summed E-state index contributed by atoms with van der Waals surface area (Å²) in [5.74, 6) is 4.11. The van der Waals surface area contributed by atoms with Gasteiger partial charge in [0.25, 0.3) is 0 Å². The van der Waals surface area contributed by atoms with Gasteiger partial charge in [0, 0.05) is 6.20 Å². The molecular formula is C14H13F4N3. The number of rotatable bonds is 3. The second kappa shape index (κ2) is 5.79. The van der Waals surface area contributed by atoms with Gasteiger partial charge in [0.05, 0.1) is 17.3 Å². The number of nitrogens with two attached hydrogens (primary N) is 1. The number of hydrogen-bond donors (Lipinski definition) is 2. The monoisotopic (exact) mass is 299 g/mol. The maximum atomic E-state index is 13.7. The van der Waals surface area contributed by atoms with Crippen LogP contribution in [0.15, 0.2) is 36.5 Å². The zero-order valence-electron chi connectivity index (χ0n) is 11.1. The van der Waals surface area contributed by atoms with Gasteiger partial charge in [0.15, 0.2) is 0 Å². The summed E-state index contributed by atoms with van der Waals surface area (Å²) in [6.07, 6.45) is -3.19. The highest BCUT2D eigenvalue weighted by Gasteiger charge is 2.34. The van der Waals surface area contributed by atoms with Crippen LogP contribution in [0.5, 0.6) is 0 Å². The molecule has 0 saturated carbocycles. The highest BCUT2D eigenvalue weighted by molar-refractivity contribution is 5.35. The predicted octanol–water partition coefficient (Wildman–Crippen LogP) is 3.10. The molecular weight excluding hydrogens is 286 g/mol. The number of pyridine rings is 1. The number of hydrogen-bond acceptors (Lipinski definition) is 3. The van der Waals surface area contributed by atoms with Gasteiger partial charge in [0.1, 0.15) is 5.82 Å². The van der Waals surface area contributed by atoms with Crippen LogP contribution in [0.25, 0.3) is 0 Å². The minimum absolute atomic E-state index is 0.268. The van der Waals surface area contributed by atoms with Gasteiger partial charge in [-0.15, -0.1) is 0 Å². The van der Waals surface area contributed by atoms with Crippen molar-refractivity contribution in [2.45, 2.75) is 19.1 Å². The third kappa shape index (κ3) is 3.20. The van der Waals surface area contributed by atoms with E-state index in [0.717, 1.165) is 11.6 Å². The largest absolute Gasteiger partial charge is 0.419 e. The van der Waals surface area contributed by atoms with E-state index in [0.29, 0.717) is 11.8 Å². The molecule has 0 amide bonds. The molecule has 0 spiro atoms. The van der Waals surface area contributed by atoms with Crippen LogP contribution in [0.3, 0.4) is 0 Å². The number of nitrogens with one attached hydrogen (secondary N) is 1. The number of nitrogens with zero attached hydrogens (tertiary/aromatic N) is 1. The first kappa shape index (κ1) is 15.4. The summed E-state index contributed by atoms with van der Waals surface area (Å²) in [6, 6.07) is 5.52. The SMILES string of the molecule is Cc1cccnc1C(NN)c1ccc(C(F)(F)F)c(F)c1. The lowest BCUT2D eigenvalue weighted by Crippen LogP contribution is -2.30. The van der Waals surface area contributed by atoms with Crippen molar-refractivity contribution in [2.24, 2.45) is 5.84 Å². The summed E-state index contributed by atoms with van der Waals surface area (Å²) in [6.45, 7) is 1.78. The van der Waals surface area contributed by atoms with Crippen molar-refractivity contribution >= 4 is 0 Å². The lowest BCUT2D eigenvalue weighted by molar-refractivity contribution is -0.140. The lowest BCUT2D eigenvalue weighted by Gasteiger charge is -2.19. The summed E-state index contributed by atoms with van der Waals surface area (Å²) < 4.78 is 51.3. The van der Waals surface area contributed by atoms with Crippen molar-refractivity contribution in [3.8, 4) is 0 Å². The molecule has 2 rings (SSSR count). The summed E-state index contributed by atoms with van der Waals surface area (Å²) in [5.41, 5.74) is 2.73. The Kier molecular flexibility index (Phi) is 4.24. The van der Waals surface area contributed by atoms with E-state index >= 15 is 0 Å². The topological polar surface area (TPSA) is 50.9 Å². The number of hydrazine groups is 1. The molecule has 1 unspecified atom stereocenters. The van der Waals surface area contributed by atoms with E-state index < -0.39 is 23.6 Å². The molecule has 1 atom stereocenters. The number of alkyl halides is 3. The van der Waals surface area contributed by atoms with E-state index in [4.69, 9.17) is 5.84 Å². The lowest BCUT2D eigenvalue weighted by atomic mass is 9.99. The molecule has 0 aliphatic rings. The molecule has 112 valence electrons. The van der Waals surface area contributed by atoms with Gasteiger partial charge in [0.2, 0.25) is 0 Å². The molecule has 1 aromatic heterocycles. The average molecular weight is 299 g/mol. The third-order valence-electron chi connectivity index (χ3n) is 3.12. The maximum Gasteiger partial charge on any atom is 0.419 e. The summed E-state index contributed by atoms with van der Waals surface area (Å²) in [7, 11) is 0. The fourth-order valence-electron chi connectivity index (χ4n) is 2.07. The van der Waals surface area contributed by atoms with Crippen LogP contribution in [0.2, 0.25) is 0 Å². The number of aromatic nitrogens is 1. The minimum Gasteiger partial charge on any atom is -0.271 e. The fraction of sp³-hybridized carbons (Fsp3) is 0.214. The van der Waals surface area contributed by atoms with E-state index in [1.165, 1.54) is 12.3 Å². The van der Waals surface area contributed by atoms with Gasteiger partial charge in [-0.05, 0) is 36.2 Å². The molecule has 0 bridgehead atoms. The molecule has 0 radical (unpaired) electrons. The smallest absolute Gasteiger partial charge is 0.271 e. The number of halogens is 4. The Hall–Kier alpha value is -1.99. The Labute approximate surface area is 118 Å². The summed E-state index contributed by atoms with van der Waals surface area (Å²) >= 11 is 0. The molecule has 1 heterocycles. The van der Waals surface area contributed by atoms with Crippen molar-refractivity contribution in [1.82, 2.24) is 10.4 Å². The van der Waals surface area contributed by atoms with Crippen molar-refractivity contribution in [3.63, 3.8) is 0 Å². The van der Waals surface area contributed by atoms with Crippen LogP contribution in [-0.4, -0.2) is 4.98 Å². The molecule has 2 aromatic rings. The van der Waals surface area contributed by atoms with Gasteiger partial charge in [-0.1, -0.05) is 12.1 Å². The summed E-state index contributed by atoms with van der Waals surface area (Å²) in [5, 5.41) is 0. The van der Waals surface area contributed by atoms with Crippen LogP contribution in [0.1, 0.15) is 28.4 Å². The van der Waals surface area contributed by atoms with E-state index in [2.05, 4.69) is 10.4 Å². The van der Waals surface area contributed by atoms with Gasteiger partial charge in [-0.25, -0.2) is 9.82 Å². The number of aryl methyl sites for hydroxylation is 1. The van der Waals surface area contributed by atoms with Gasteiger partial charge >= 0.3 is 6.18 Å². The normalized spacial score (nSPS) is 13.2.